The van der Waals surface area contributed by atoms with Gasteiger partial charge in [-0.15, -0.1) is 0 Å². The number of ketones is 1. The van der Waals surface area contributed by atoms with E-state index < -0.39 is 40.3 Å². The molecule has 0 rings (SSSR count). The Labute approximate surface area is 184 Å². The number of aliphatic carboxylic acids is 1. The molecule has 1 atom stereocenters. The largest absolute Gasteiger partial charge is 0.481 e. The van der Waals surface area contributed by atoms with Crippen LogP contribution in [0.3, 0.4) is 0 Å². The molecule has 0 spiro atoms. The summed E-state index contributed by atoms with van der Waals surface area (Å²) in [5.74, 6) is -2.91. The summed E-state index contributed by atoms with van der Waals surface area (Å²) in [6.45, 7) is 4.35. The van der Waals surface area contributed by atoms with Crippen molar-refractivity contribution in [1.82, 2.24) is 10.6 Å². The molecule has 0 aromatic heterocycles. The molecule has 0 radical (unpaired) electrons. The molecule has 0 saturated carbocycles. The summed E-state index contributed by atoms with van der Waals surface area (Å²) >= 11 is 0.862. The number of carbonyl (C=O) groups excluding carboxylic acids is 5. The van der Waals surface area contributed by atoms with Crippen LogP contribution in [0.25, 0.3) is 0 Å². The molecule has 0 aliphatic heterocycles. The molecular formula is C19H30N2O9S. The molecule has 0 aromatic carbocycles. The number of nitrogens with one attached hydrogen (secondary N) is 2. The number of ether oxygens (including phenoxy) is 1. The highest BCUT2D eigenvalue weighted by molar-refractivity contribution is 8.13. The fraction of sp³-hybridized carbons (Fsp3) is 0.684. The third-order valence-corrected chi connectivity index (χ3v) is 4.81. The number of esters is 1. The summed E-state index contributed by atoms with van der Waals surface area (Å²) in [5, 5.41) is 23.1. The van der Waals surface area contributed by atoms with E-state index in [1.54, 1.807) is 13.8 Å². The minimum atomic E-state index is -1.43. The lowest BCUT2D eigenvalue weighted by Crippen LogP contribution is -2.46. The van der Waals surface area contributed by atoms with E-state index in [2.05, 4.69) is 10.6 Å². The van der Waals surface area contributed by atoms with Gasteiger partial charge in [0.25, 0.3) is 0 Å². The third-order valence-electron chi connectivity index (χ3n) is 3.93. The molecule has 0 saturated heterocycles. The van der Waals surface area contributed by atoms with Crippen molar-refractivity contribution in [3.8, 4) is 0 Å². The van der Waals surface area contributed by atoms with E-state index in [0.29, 0.717) is 0 Å². The van der Waals surface area contributed by atoms with Crippen LogP contribution in [-0.2, 0) is 33.5 Å². The van der Waals surface area contributed by atoms with Crippen LogP contribution in [0.4, 0.5) is 0 Å². The summed E-state index contributed by atoms with van der Waals surface area (Å²) in [6.07, 6.45) is -2.34. The summed E-state index contributed by atoms with van der Waals surface area (Å²) in [5.41, 5.74) is -1.00. The lowest BCUT2D eigenvalue weighted by Gasteiger charge is -2.28. The Balaban J connectivity index is 4.00. The summed E-state index contributed by atoms with van der Waals surface area (Å²) in [6, 6.07) is 0. The summed E-state index contributed by atoms with van der Waals surface area (Å²) in [7, 11) is 0. The Hall–Kier alpha value is -2.47. The topological polar surface area (TPSA) is 176 Å². The molecule has 11 nitrogen and oxygen atoms in total. The molecule has 0 fully saturated rings. The second kappa shape index (κ2) is 14.5. The molecule has 0 heterocycles. The SMILES string of the molecule is CC(=O)OCC(C)(C)[C@@H](O)C(=O)NCCC(=O)NCCSC(=O)CC(=O)CCC(=O)O. The highest BCUT2D eigenvalue weighted by Crippen LogP contribution is 2.21. The van der Waals surface area contributed by atoms with E-state index in [4.69, 9.17) is 9.84 Å². The summed E-state index contributed by atoms with van der Waals surface area (Å²) in [4.78, 5) is 68.0. The molecule has 31 heavy (non-hydrogen) atoms. The van der Waals surface area contributed by atoms with Crippen molar-refractivity contribution in [2.24, 2.45) is 5.41 Å². The lowest BCUT2D eigenvalue weighted by atomic mass is 9.87. The highest BCUT2D eigenvalue weighted by Gasteiger charge is 2.34. The molecule has 0 aliphatic carbocycles. The average molecular weight is 463 g/mol. The van der Waals surface area contributed by atoms with E-state index in [9.17, 15) is 33.9 Å². The van der Waals surface area contributed by atoms with E-state index >= 15 is 0 Å². The first kappa shape index (κ1) is 28.5. The number of aliphatic hydroxyl groups excluding tert-OH is 1. The fourth-order valence-corrected chi connectivity index (χ4v) is 2.80. The van der Waals surface area contributed by atoms with Crippen molar-refractivity contribution in [3.63, 3.8) is 0 Å². The van der Waals surface area contributed by atoms with Crippen molar-refractivity contribution >= 4 is 46.4 Å². The molecule has 0 unspecified atom stereocenters. The fourth-order valence-electron chi connectivity index (χ4n) is 2.11. The smallest absolute Gasteiger partial charge is 0.303 e. The number of thioether (sulfide) groups is 1. The lowest BCUT2D eigenvalue weighted by molar-refractivity contribution is -0.151. The number of aliphatic hydroxyl groups is 1. The van der Waals surface area contributed by atoms with E-state index in [-0.39, 0.29) is 57.0 Å². The Morgan fingerprint density at radius 3 is 2.23 bits per heavy atom. The van der Waals surface area contributed by atoms with Crippen molar-refractivity contribution in [3.05, 3.63) is 0 Å². The second-order valence-corrected chi connectivity index (χ2v) is 8.54. The summed E-state index contributed by atoms with van der Waals surface area (Å²) < 4.78 is 4.82. The van der Waals surface area contributed by atoms with Crippen LogP contribution >= 0.6 is 11.8 Å². The van der Waals surface area contributed by atoms with E-state index in [1.807, 2.05) is 0 Å². The van der Waals surface area contributed by atoms with Gasteiger partial charge in [-0.3, -0.25) is 28.8 Å². The van der Waals surface area contributed by atoms with Gasteiger partial charge in [-0.1, -0.05) is 25.6 Å². The van der Waals surface area contributed by atoms with E-state index in [0.717, 1.165) is 11.8 Å². The Kier molecular flexibility index (Phi) is 13.4. The maximum absolute atomic E-state index is 12.0. The number of hydrogen-bond acceptors (Lipinski definition) is 9. The number of carboxylic acid groups (broad SMARTS) is 1. The van der Waals surface area contributed by atoms with Gasteiger partial charge in [0.1, 0.15) is 11.9 Å². The van der Waals surface area contributed by atoms with Crippen molar-refractivity contribution < 1.29 is 43.7 Å². The third kappa shape index (κ3) is 14.2. The molecule has 0 aliphatic rings. The minimum Gasteiger partial charge on any atom is -0.481 e. The first-order chi connectivity index (χ1) is 14.3. The standard InChI is InChI=1S/C19H30N2O9S/c1-12(22)30-11-19(2,3)17(28)18(29)21-7-6-14(24)20-8-9-31-16(27)10-13(23)4-5-15(25)26/h17,28H,4-11H2,1-3H3,(H,20,24)(H,21,29)(H,25,26)/t17-/m0/s1. The van der Waals surface area contributed by atoms with Gasteiger partial charge in [0.2, 0.25) is 11.8 Å². The number of amides is 2. The van der Waals surface area contributed by atoms with Crippen LogP contribution in [0, 0.1) is 5.41 Å². The number of hydrogen-bond donors (Lipinski definition) is 4. The molecule has 12 heteroatoms. The van der Waals surface area contributed by atoms with Gasteiger partial charge < -0.3 is 25.6 Å². The molecule has 0 aromatic rings. The van der Waals surface area contributed by atoms with Crippen LogP contribution in [0.15, 0.2) is 0 Å². The monoisotopic (exact) mass is 462 g/mol. The van der Waals surface area contributed by atoms with Gasteiger partial charge in [-0.25, -0.2) is 0 Å². The van der Waals surface area contributed by atoms with Gasteiger partial charge in [0.05, 0.1) is 19.4 Å². The molecular weight excluding hydrogens is 432 g/mol. The van der Waals surface area contributed by atoms with Gasteiger partial charge in [0.15, 0.2) is 5.12 Å². The van der Waals surface area contributed by atoms with Gasteiger partial charge in [-0.2, -0.15) is 0 Å². The van der Waals surface area contributed by atoms with Gasteiger partial charge >= 0.3 is 11.9 Å². The van der Waals surface area contributed by atoms with Crippen LogP contribution in [0.1, 0.15) is 46.5 Å². The minimum absolute atomic E-state index is 0.0183. The zero-order valence-corrected chi connectivity index (χ0v) is 18.7. The highest BCUT2D eigenvalue weighted by atomic mass is 32.2. The number of carbonyl (C=O) groups is 6. The van der Waals surface area contributed by atoms with Crippen molar-refractivity contribution in [2.45, 2.75) is 52.6 Å². The first-order valence-corrected chi connectivity index (χ1v) is 10.6. The van der Waals surface area contributed by atoms with Crippen molar-refractivity contribution in [2.75, 3.05) is 25.4 Å². The molecule has 4 N–H and O–H groups in total. The normalized spacial score (nSPS) is 11.9. The number of carboxylic acids is 1. The number of Topliss-reactive ketones (excluding diaryl/α,β-unsaturated/α-hetero) is 1. The number of rotatable bonds is 15. The van der Waals surface area contributed by atoms with E-state index in [1.165, 1.54) is 6.92 Å². The maximum atomic E-state index is 12.0. The zero-order chi connectivity index (χ0) is 24.0. The second-order valence-electron chi connectivity index (χ2n) is 7.39. The Bertz CT molecular complexity index is 679. The first-order valence-electron chi connectivity index (χ1n) is 9.60. The average Bonchev–Trinajstić information content (AvgIpc) is 2.67. The molecule has 0 bridgehead atoms. The predicted octanol–water partition coefficient (Wildman–Crippen LogP) is -0.357. The zero-order valence-electron chi connectivity index (χ0n) is 17.9. The Morgan fingerprint density at radius 1 is 1.00 bits per heavy atom. The van der Waals surface area contributed by atoms with Crippen LogP contribution in [0.5, 0.6) is 0 Å². The molecule has 176 valence electrons. The predicted molar refractivity (Wildman–Crippen MR) is 111 cm³/mol. The quantitative estimate of drug-likeness (QED) is 0.143. The molecule has 2 amide bonds. The van der Waals surface area contributed by atoms with Crippen LogP contribution < -0.4 is 10.6 Å². The van der Waals surface area contributed by atoms with Crippen molar-refractivity contribution in [1.29, 1.82) is 0 Å². The Morgan fingerprint density at radius 2 is 1.65 bits per heavy atom. The van der Waals surface area contributed by atoms with Crippen LogP contribution in [0.2, 0.25) is 0 Å². The van der Waals surface area contributed by atoms with Crippen LogP contribution in [-0.4, -0.2) is 76.4 Å². The van der Waals surface area contributed by atoms with Gasteiger partial charge in [-0.05, 0) is 0 Å². The van der Waals surface area contributed by atoms with Gasteiger partial charge in [0, 0.05) is 44.0 Å². The maximum Gasteiger partial charge on any atom is 0.303 e.